The van der Waals surface area contributed by atoms with Crippen molar-refractivity contribution >= 4 is 35.9 Å². The van der Waals surface area contributed by atoms with Crippen molar-refractivity contribution in [2.45, 2.75) is 0 Å². The molecule has 11 heteroatoms. The van der Waals surface area contributed by atoms with Crippen LogP contribution in [0.5, 0.6) is 0 Å². The highest BCUT2D eigenvalue weighted by molar-refractivity contribution is 5.96. The average molecular weight is 265 g/mol. The molecule has 1 aromatic rings. The Morgan fingerprint density at radius 1 is 1.24 bits per heavy atom. The summed E-state index contributed by atoms with van der Waals surface area (Å²) >= 11 is 0. The maximum atomic E-state index is 12.9. The van der Waals surface area contributed by atoms with Gasteiger partial charge in [0, 0.05) is 0 Å². The molecule has 1 aromatic heterocycles. The summed E-state index contributed by atoms with van der Waals surface area (Å²) in [6, 6.07) is 0. The Bertz CT molecular complexity index is 460. The number of nitrogen functional groups attached to an aromatic ring is 2. The van der Waals surface area contributed by atoms with Gasteiger partial charge in [0.25, 0.3) is 11.9 Å². The number of aromatic nitrogens is 2. The predicted octanol–water partition coefficient (Wildman–Crippen LogP) is -1.88. The van der Waals surface area contributed by atoms with Gasteiger partial charge in [-0.15, -0.1) is 17.5 Å². The van der Waals surface area contributed by atoms with Crippen molar-refractivity contribution in [2.75, 3.05) is 11.5 Å². The number of nitrogens with one attached hydrogen (secondary N) is 1. The molecule has 0 aliphatic carbocycles. The van der Waals surface area contributed by atoms with Gasteiger partial charge in [-0.25, -0.2) is 15.4 Å². The van der Waals surface area contributed by atoms with E-state index in [0.29, 0.717) is 0 Å². The third kappa shape index (κ3) is 3.61. The molecule has 0 aliphatic rings. The lowest BCUT2D eigenvalue weighted by Gasteiger charge is -2.03. The molecule has 0 aliphatic heterocycles. The van der Waals surface area contributed by atoms with E-state index in [1.54, 1.807) is 0 Å². The lowest BCUT2D eigenvalue weighted by molar-refractivity contribution is 0.0949. The number of amides is 1. The Balaban J connectivity index is 0.00000256. The van der Waals surface area contributed by atoms with Crippen LogP contribution in [0.15, 0.2) is 5.10 Å². The van der Waals surface area contributed by atoms with Gasteiger partial charge < -0.3 is 22.9 Å². The van der Waals surface area contributed by atoms with E-state index in [4.69, 9.17) is 22.9 Å². The predicted molar refractivity (Wildman–Crippen MR) is 61.3 cm³/mol. The molecule has 0 atom stereocenters. The van der Waals surface area contributed by atoms with E-state index in [0.717, 1.165) is 0 Å². The highest BCUT2D eigenvalue weighted by Crippen LogP contribution is 2.10. The van der Waals surface area contributed by atoms with E-state index >= 15 is 0 Å². The number of hydrogen-bond acceptors (Lipinski definition) is 6. The van der Waals surface area contributed by atoms with E-state index in [1.165, 1.54) is 0 Å². The third-order valence-electron chi connectivity index (χ3n) is 1.41. The fourth-order valence-corrected chi connectivity index (χ4v) is 0.777. The molecule has 0 aromatic carbocycles. The molecule has 9 N–H and O–H groups in total. The summed E-state index contributed by atoms with van der Waals surface area (Å²) in [7, 11) is 0. The van der Waals surface area contributed by atoms with Crippen molar-refractivity contribution < 1.29 is 9.18 Å². The third-order valence-corrected chi connectivity index (χ3v) is 1.41. The maximum Gasteiger partial charge on any atom is 0.294 e. The van der Waals surface area contributed by atoms with Crippen LogP contribution in [-0.4, -0.2) is 21.8 Å². The Hall–Kier alpha value is -2.36. The normalized spacial score (nSPS) is 9.00. The van der Waals surface area contributed by atoms with Crippen molar-refractivity contribution in [2.24, 2.45) is 16.6 Å². The molecule has 1 amide bonds. The van der Waals surface area contributed by atoms with E-state index < -0.39 is 23.4 Å². The summed E-state index contributed by atoms with van der Waals surface area (Å²) in [5.74, 6) is -3.23. The van der Waals surface area contributed by atoms with Crippen LogP contribution in [0.25, 0.3) is 0 Å². The van der Waals surface area contributed by atoms with Crippen LogP contribution < -0.4 is 28.4 Å². The lowest BCUT2D eigenvalue weighted by Crippen LogP contribution is -2.30. The van der Waals surface area contributed by atoms with Gasteiger partial charge in [0.15, 0.2) is 17.3 Å². The summed E-state index contributed by atoms with van der Waals surface area (Å²) in [4.78, 5) is 17.9. The number of rotatable bonds is 2. The van der Waals surface area contributed by atoms with Crippen LogP contribution in [0.1, 0.15) is 10.5 Å². The van der Waals surface area contributed by atoms with Crippen LogP contribution in [-0.2, 0) is 0 Å². The zero-order valence-electron chi connectivity index (χ0n) is 8.35. The zero-order valence-corrected chi connectivity index (χ0v) is 9.16. The summed E-state index contributed by atoms with van der Waals surface area (Å²) < 4.78 is 12.9. The van der Waals surface area contributed by atoms with Crippen LogP contribution >= 0.6 is 12.4 Å². The van der Waals surface area contributed by atoms with Crippen LogP contribution in [0.4, 0.5) is 16.0 Å². The summed E-state index contributed by atoms with van der Waals surface area (Å²) in [5, 5.41) is 3.19. The molecule has 17 heavy (non-hydrogen) atoms. The first-order valence-corrected chi connectivity index (χ1v) is 3.89. The van der Waals surface area contributed by atoms with Gasteiger partial charge in [-0.2, -0.15) is 4.39 Å². The lowest BCUT2D eigenvalue weighted by atomic mass is 10.4. The standard InChI is InChI=1S/C6H9FN8O.ClH/c7-2-4(9)13-3(8)1(12-2)5(16)14-15-6(10)11;/h(H,14,16)(H4,8,9,13)(H4,10,11,15);1H. The second-order valence-corrected chi connectivity index (χ2v) is 2.61. The molecule has 0 fully saturated rings. The van der Waals surface area contributed by atoms with Crippen molar-refractivity contribution in [3.63, 3.8) is 0 Å². The van der Waals surface area contributed by atoms with Crippen molar-refractivity contribution in [3.8, 4) is 0 Å². The van der Waals surface area contributed by atoms with Gasteiger partial charge in [0.2, 0.25) is 5.96 Å². The van der Waals surface area contributed by atoms with Crippen LogP contribution in [0.2, 0.25) is 0 Å². The monoisotopic (exact) mass is 264 g/mol. The first kappa shape index (κ1) is 14.6. The number of guanidine groups is 1. The quantitative estimate of drug-likeness (QED) is 0.236. The average Bonchev–Trinajstić information content (AvgIpc) is 2.20. The van der Waals surface area contributed by atoms with Crippen molar-refractivity contribution in [3.05, 3.63) is 11.6 Å². The summed E-state index contributed by atoms with van der Waals surface area (Å²) in [6.45, 7) is 0. The van der Waals surface area contributed by atoms with Gasteiger partial charge in [-0.3, -0.25) is 4.79 Å². The summed E-state index contributed by atoms with van der Waals surface area (Å²) in [6.07, 6.45) is 0. The van der Waals surface area contributed by atoms with E-state index in [-0.39, 0.29) is 24.2 Å². The van der Waals surface area contributed by atoms with Crippen molar-refractivity contribution in [1.29, 1.82) is 0 Å². The van der Waals surface area contributed by atoms with Gasteiger partial charge in [-0.05, 0) is 0 Å². The minimum atomic E-state index is -1.11. The van der Waals surface area contributed by atoms with Crippen molar-refractivity contribution in [1.82, 2.24) is 15.4 Å². The highest BCUT2D eigenvalue weighted by atomic mass is 35.5. The number of anilines is 2. The second kappa shape index (κ2) is 5.65. The number of hydrazone groups is 1. The van der Waals surface area contributed by atoms with E-state index in [9.17, 15) is 9.18 Å². The molecule has 0 saturated carbocycles. The minimum absolute atomic E-state index is 0. The molecule has 0 spiro atoms. The van der Waals surface area contributed by atoms with Gasteiger partial charge in [-0.1, -0.05) is 0 Å². The molecule has 1 heterocycles. The zero-order chi connectivity index (χ0) is 12.3. The number of halogens is 2. The molecular formula is C6H10ClFN8O. The molecule has 0 bridgehead atoms. The number of nitrogens with two attached hydrogens (primary N) is 4. The first-order chi connectivity index (χ1) is 7.41. The second-order valence-electron chi connectivity index (χ2n) is 2.61. The molecule has 0 saturated heterocycles. The fourth-order valence-electron chi connectivity index (χ4n) is 0.777. The number of hydrogen-bond donors (Lipinski definition) is 5. The molecule has 0 radical (unpaired) electrons. The SMILES string of the molecule is Cl.NC(N)=NNC(=O)c1nc(F)c(N)nc1N. The molecule has 1 rings (SSSR count). The summed E-state index contributed by atoms with van der Waals surface area (Å²) in [5.41, 5.74) is 21.7. The van der Waals surface area contributed by atoms with E-state index in [2.05, 4.69) is 15.1 Å². The molecule has 94 valence electrons. The Kier molecular flexibility index (Phi) is 4.87. The fraction of sp³-hybridized carbons (Fsp3) is 0. The Morgan fingerprint density at radius 3 is 2.35 bits per heavy atom. The van der Waals surface area contributed by atoms with Gasteiger partial charge in [0.1, 0.15) is 0 Å². The first-order valence-electron chi connectivity index (χ1n) is 3.89. The largest absolute Gasteiger partial charge is 0.382 e. The smallest absolute Gasteiger partial charge is 0.294 e. The Labute approximate surface area is 101 Å². The number of nitrogens with zero attached hydrogens (tertiary/aromatic N) is 3. The minimum Gasteiger partial charge on any atom is -0.382 e. The maximum absolute atomic E-state index is 12.9. The Morgan fingerprint density at radius 2 is 1.82 bits per heavy atom. The number of carbonyl (C=O) groups excluding carboxylic acids is 1. The van der Waals surface area contributed by atoms with Gasteiger partial charge >= 0.3 is 0 Å². The number of carbonyl (C=O) groups is 1. The topological polar surface area (TPSA) is 171 Å². The van der Waals surface area contributed by atoms with E-state index in [1.807, 2.05) is 5.43 Å². The highest BCUT2D eigenvalue weighted by Gasteiger charge is 2.16. The molecule has 9 nitrogen and oxygen atoms in total. The molecule has 0 unspecified atom stereocenters. The van der Waals surface area contributed by atoms with Gasteiger partial charge in [0.05, 0.1) is 0 Å². The van der Waals surface area contributed by atoms with Crippen LogP contribution in [0, 0.1) is 5.95 Å². The van der Waals surface area contributed by atoms with Crippen LogP contribution in [0.3, 0.4) is 0 Å². The molecular weight excluding hydrogens is 255 g/mol.